The van der Waals surface area contributed by atoms with Gasteiger partial charge in [0.25, 0.3) is 11.6 Å². The van der Waals surface area contributed by atoms with Gasteiger partial charge in [-0.3, -0.25) is 19.8 Å². The van der Waals surface area contributed by atoms with Gasteiger partial charge in [0.05, 0.1) is 21.3 Å². The molecule has 5 nitrogen and oxygen atoms in total. The predicted octanol–water partition coefficient (Wildman–Crippen LogP) is 6.46. The van der Waals surface area contributed by atoms with E-state index in [1.54, 1.807) is 23.1 Å². The molecule has 0 unspecified atom stereocenters. The van der Waals surface area contributed by atoms with Crippen molar-refractivity contribution in [3.63, 3.8) is 0 Å². The molecule has 1 saturated heterocycles. The highest BCUT2D eigenvalue weighted by Crippen LogP contribution is 2.38. The Bertz CT molecular complexity index is 1220. The van der Waals surface area contributed by atoms with E-state index in [-0.39, 0.29) is 11.6 Å². The normalized spacial score (nSPS) is 14.9. The molecule has 0 aliphatic carbocycles. The summed E-state index contributed by atoms with van der Waals surface area (Å²) in [6.45, 7) is 2.39. The van der Waals surface area contributed by atoms with E-state index in [0.717, 1.165) is 16.0 Å². The summed E-state index contributed by atoms with van der Waals surface area (Å²) in [5.41, 5.74) is 2.70. The number of aryl methyl sites for hydroxylation is 1. The second kappa shape index (κ2) is 9.68. The van der Waals surface area contributed by atoms with Gasteiger partial charge in [0, 0.05) is 11.0 Å². The fraction of sp³-hybridized carbons (Fsp3) is 0.0833. The molecule has 1 aliphatic heterocycles. The second-order valence-electron chi connectivity index (χ2n) is 7.15. The Morgan fingerprint density at radius 3 is 2.50 bits per heavy atom. The third-order valence-electron chi connectivity index (χ3n) is 4.78. The number of rotatable bonds is 6. The molecule has 0 aromatic heterocycles. The van der Waals surface area contributed by atoms with Crippen LogP contribution in [0.3, 0.4) is 0 Å². The van der Waals surface area contributed by atoms with Crippen LogP contribution in [0.15, 0.2) is 87.5 Å². The van der Waals surface area contributed by atoms with Crippen molar-refractivity contribution >= 4 is 57.7 Å². The maximum absolute atomic E-state index is 12.9. The predicted molar refractivity (Wildman–Crippen MR) is 134 cm³/mol. The zero-order valence-electron chi connectivity index (χ0n) is 17.1. The first-order valence-corrected chi connectivity index (χ1v) is 11.8. The van der Waals surface area contributed by atoms with E-state index >= 15 is 0 Å². The lowest BCUT2D eigenvalue weighted by Gasteiger charge is -2.14. The van der Waals surface area contributed by atoms with E-state index in [1.807, 2.05) is 61.5 Å². The SMILES string of the molecule is Cc1ccc(Sc2ccc(/C=C3/SC(=S)N(Cc4ccccc4)C3=O)cc2[N+](=O)[O-])cc1. The van der Waals surface area contributed by atoms with E-state index in [4.69, 9.17) is 12.2 Å². The molecule has 1 aliphatic rings. The summed E-state index contributed by atoms with van der Waals surface area (Å²) in [5, 5.41) is 11.7. The topological polar surface area (TPSA) is 63.5 Å². The third-order valence-corrected chi connectivity index (χ3v) is 7.23. The summed E-state index contributed by atoms with van der Waals surface area (Å²) in [7, 11) is 0. The number of thiocarbonyl (C=S) groups is 1. The molecule has 0 radical (unpaired) electrons. The van der Waals surface area contributed by atoms with Gasteiger partial charge in [-0.15, -0.1) is 0 Å². The lowest BCUT2D eigenvalue weighted by molar-refractivity contribution is -0.387. The number of carbonyl (C=O) groups excluding carboxylic acids is 1. The van der Waals surface area contributed by atoms with Crippen molar-refractivity contribution in [1.29, 1.82) is 0 Å². The minimum Gasteiger partial charge on any atom is -0.288 e. The minimum absolute atomic E-state index is 0.00379. The van der Waals surface area contributed by atoms with Gasteiger partial charge in [0.1, 0.15) is 4.32 Å². The summed E-state index contributed by atoms with van der Waals surface area (Å²) in [4.78, 5) is 27.7. The summed E-state index contributed by atoms with van der Waals surface area (Å²) in [6.07, 6.45) is 1.66. The quantitative estimate of drug-likeness (QED) is 0.175. The lowest BCUT2D eigenvalue weighted by atomic mass is 10.1. The maximum Gasteiger partial charge on any atom is 0.283 e. The molecule has 0 spiro atoms. The number of hydrogen-bond donors (Lipinski definition) is 0. The van der Waals surface area contributed by atoms with Crippen molar-refractivity contribution in [1.82, 2.24) is 4.90 Å². The van der Waals surface area contributed by atoms with Crippen molar-refractivity contribution in [2.75, 3.05) is 0 Å². The van der Waals surface area contributed by atoms with Crippen molar-refractivity contribution in [2.45, 2.75) is 23.3 Å². The Hall–Kier alpha value is -2.94. The van der Waals surface area contributed by atoms with Crippen LogP contribution in [0.25, 0.3) is 6.08 Å². The molecule has 0 bridgehead atoms. The van der Waals surface area contributed by atoms with Crippen LogP contribution in [0.1, 0.15) is 16.7 Å². The van der Waals surface area contributed by atoms with Gasteiger partial charge >= 0.3 is 0 Å². The van der Waals surface area contributed by atoms with E-state index in [9.17, 15) is 14.9 Å². The van der Waals surface area contributed by atoms with E-state index in [0.29, 0.717) is 26.2 Å². The first-order chi connectivity index (χ1) is 15.4. The number of carbonyl (C=O) groups is 1. The Labute approximate surface area is 199 Å². The molecule has 0 atom stereocenters. The molecule has 0 saturated carbocycles. The van der Waals surface area contributed by atoms with Crippen molar-refractivity contribution in [2.24, 2.45) is 0 Å². The Balaban J connectivity index is 1.57. The molecule has 1 fully saturated rings. The Morgan fingerprint density at radius 2 is 1.81 bits per heavy atom. The number of thioether (sulfide) groups is 1. The van der Waals surface area contributed by atoms with E-state index < -0.39 is 4.92 Å². The van der Waals surface area contributed by atoms with Gasteiger partial charge < -0.3 is 0 Å². The highest BCUT2D eigenvalue weighted by Gasteiger charge is 2.32. The molecule has 1 amide bonds. The number of nitro groups is 1. The number of hydrogen-bond acceptors (Lipinski definition) is 6. The monoisotopic (exact) mass is 478 g/mol. The number of nitro benzene ring substituents is 1. The minimum atomic E-state index is -0.394. The van der Waals surface area contributed by atoms with Crippen LogP contribution in [0, 0.1) is 17.0 Å². The van der Waals surface area contributed by atoms with E-state index in [2.05, 4.69) is 0 Å². The fourth-order valence-corrected chi connectivity index (χ4v) is 5.30. The van der Waals surface area contributed by atoms with Crippen LogP contribution >= 0.6 is 35.7 Å². The summed E-state index contributed by atoms with van der Waals surface area (Å²) in [6, 6.07) is 22.5. The Kier molecular flexibility index (Phi) is 6.74. The molecule has 1 heterocycles. The standard InChI is InChI=1S/C24H18N2O3S3/c1-16-7-10-19(11-8-16)31-21-12-9-18(13-20(21)26(28)29)14-22-23(27)25(24(30)32-22)15-17-5-3-2-4-6-17/h2-14H,15H2,1H3/b22-14+. The zero-order valence-corrected chi connectivity index (χ0v) is 19.5. The molecular weight excluding hydrogens is 460 g/mol. The third kappa shape index (κ3) is 5.09. The van der Waals surface area contributed by atoms with Crippen molar-refractivity contribution < 1.29 is 9.72 Å². The molecular formula is C24H18N2O3S3. The number of amides is 1. The van der Waals surface area contributed by atoms with Gasteiger partial charge in [-0.2, -0.15) is 0 Å². The number of nitrogens with zero attached hydrogens (tertiary/aromatic N) is 2. The number of benzene rings is 3. The van der Waals surface area contributed by atoms with Gasteiger partial charge in [-0.25, -0.2) is 0 Å². The van der Waals surface area contributed by atoms with Gasteiger partial charge in [0.2, 0.25) is 0 Å². The van der Waals surface area contributed by atoms with Crippen LogP contribution in [0.2, 0.25) is 0 Å². The Morgan fingerprint density at radius 1 is 1.09 bits per heavy atom. The van der Waals surface area contributed by atoms with Crippen LogP contribution in [0.5, 0.6) is 0 Å². The van der Waals surface area contributed by atoms with Crippen molar-refractivity contribution in [3.05, 3.63) is 105 Å². The first kappa shape index (κ1) is 22.3. The maximum atomic E-state index is 12.9. The zero-order chi connectivity index (χ0) is 22.7. The highest BCUT2D eigenvalue weighted by atomic mass is 32.2. The van der Waals surface area contributed by atoms with Crippen LogP contribution in [0.4, 0.5) is 5.69 Å². The van der Waals surface area contributed by atoms with Crippen LogP contribution < -0.4 is 0 Å². The summed E-state index contributed by atoms with van der Waals surface area (Å²) >= 11 is 7.95. The molecule has 3 aromatic carbocycles. The van der Waals surface area contributed by atoms with Gasteiger partial charge in [0.15, 0.2) is 0 Å². The molecule has 32 heavy (non-hydrogen) atoms. The van der Waals surface area contributed by atoms with Crippen LogP contribution in [-0.4, -0.2) is 20.1 Å². The molecule has 160 valence electrons. The average molecular weight is 479 g/mol. The summed E-state index contributed by atoms with van der Waals surface area (Å²) < 4.78 is 0.478. The largest absolute Gasteiger partial charge is 0.288 e. The summed E-state index contributed by atoms with van der Waals surface area (Å²) in [5.74, 6) is -0.190. The fourth-order valence-electron chi connectivity index (χ4n) is 3.14. The first-order valence-electron chi connectivity index (χ1n) is 9.73. The van der Waals surface area contributed by atoms with E-state index in [1.165, 1.54) is 29.6 Å². The molecule has 3 aromatic rings. The molecule has 4 rings (SSSR count). The van der Waals surface area contributed by atoms with Crippen molar-refractivity contribution in [3.8, 4) is 0 Å². The van der Waals surface area contributed by atoms with Crippen LogP contribution in [-0.2, 0) is 11.3 Å². The molecule has 8 heteroatoms. The van der Waals surface area contributed by atoms with Gasteiger partial charge in [-0.1, -0.05) is 89.8 Å². The smallest absolute Gasteiger partial charge is 0.283 e. The van der Waals surface area contributed by atoms with Gasteiger partial charge in [-0.05, 0) is 42.3 Å². The average Bonchev–Trinajstić information content (AvgIpc) is 3.04. The lowest BCUT2D eigenvalue weighted by Crippen LogP contribution is -2.27. The molecule has 0 N–H and O–H groups in total. The highest BCUT2D eigenvalue weighted by molar-refractivity contribution is 8.26. The second-order valence-corrected chi connectivity index (χ2v) is 9.94.